The fraction of sp³-hybridized carbons (Fsp3) is 0.417. The van der Waals surface area contributed by atoms with Gasteiger partial charge in [-0.05, 0) is 36.8 Å². The van der Waals surface area contributed by atoms with Gasteiger partial charge in [0.1, 0.15) is 11.6 Å². The van der Waals surface area contributed by atoms with Crippen LogP contribution in [0.4, 0.5) is 13.6 Å². The van der Waals surface area contributed by atoms with Gasteiger partial charge in [-0.3, -0.25) is 5.21 Å². The molecule has 1 aromatic rings. The number of rotatable bonds is 2. The lowest BCUT2D eigenvalue weighted by Crippen LogP contribution is -2.39. The van der Waals surface area contributed by atoms with E-state index in [9.17, 15) is 18.8 Å². The van der Waals surface area contributed by atoms with E-state index in [1.165, 1.54) is 12.1 Å². The van der Waals surface area contributed by atoms with Crippen molar-refractivity contribution in [3.63, 3.8) is 0 Å². The van der Waals surface area contributed by atoms with Gasteiger partial charge in [0.25, 0.3) is 0 Å². The van der Waals surface area contributed by atoms with Crippen LogP contribution < -0.4 is 5.73 Å². The van der Waals surface area contributed by atoms with Crippen LogP contribution >= 0.6 is 0 Å². The summed E-state index contributed by atoms with van der Waals surface area (Å²) in [6.07, 6.45) is 1.58. The van der Waals surface area contributed by atoms with Gasteiger partial charge in [-0.15, -0.1) is 0 Å². The lowest BCUT2D eigenvalue weighted by Gasteiger charge is -2.20. The van der Waals surface area contributed by atoms with Crippen LogP contribution in [0.15, 0.2) is 18.2 Å². The van der Waals surface area contributed by atoms with Gasteiger partial charge in [0.05, 0.1) is 6.04 Å². The van der Waals surface area contributed by atoms with E-state index < -0.39 is 23.7 Å². The number of hydroxylamine groups is 2. The molecule has 1 aromatic carbocycles. The van der Waals surface area contributed by atoms with E-state index in [1.807, 2.05) is 0 Å². The number of benzene rings is 1. The zero-order valence-corrected chi connectivity index (χ0v) is 9.64. The monoisotopic (exact) mass is 256 g/mol. The molecular weight excluding hydrogens is 242 g/mol. The van der Waals surface area contributed by atoms with Crippen LogP contribution in [0.3, 0.4) is 0 Å². The molecule has 2 rings (SSSR count). The number of halogens is 2. The van der Waals surface area contributed by atoms with E-state index in [1.54, 1.807) is 0 Å². The van der Waals surface area contributed by atoms with Gasteiger partial charge in [0.2, 0.25) is 0 Å². The van der Waals surface area contributed by atoms with Crippen LogP contribution in [-0.2, 0) is 0 Å². The highest BCUT2D eigenvalue weighted by molar-refractivity contribution is 5.70. The number of nitrogens with zero attached hydrogens (tertiary/aromatic N) is 1. The fourth-order valence-corrected chi connectivity index (χ4v) is 2.47. The van der Waals surface area contributed by atoms with Crippen LogP contribution in [0.5, 0.6) is 0 Å². The molecule has 4 nitrogen and oxygen atoms in total. The second-order valence-corrected chi connectivity index (χ2v) is 4.51. The Labute approximate surface area is 103 Å². The van der Waals surface area contributed by atoms with Crippen molar-refractivity contribution in [1.29, 1.82) is 0 Å². The number of amides is 2. The van der Waals surface area contributed by atoms with Gasteiger partial charge >= 0.3 is 6.03 Å². The van der Waals surface area contributed by atoms with Crippen molar-refractivity contribution >= 4 is 6.03 Å². The first-order valence-electron chi connectivity index (χ1n) is 5.71. The van der Waals surface area contributed by atoms with Crippen molar-refractivity contribution in [3.05, 3.63) is 35.4 Å². The number of carbonyl (C=O) groups is 1. The molecular formula is C12H14F2N2O2. The summed E-state index contributed by atoms with van der Waals surface area (Å²) in [7, 11) is 0. The summed E-state index contributed by atoms with van der Waals surface area (Å²) in [6.45, 7) is 0. The fourth-order valence-electron chi connectivity index (χ4n) is 2.47. The van der Waals surface area contributed by atoms with E-state index in [2.05, 4.69) is 0 Å². The largest absolute Gasteiger partial charge is 0.350 e. The molecule has 6 heteroatoms. The third-order valence-electron chi connectivity index (χ3n) is 3.38. The molecule has 0 aromatic heterocycles. The third kappa shape index (κ3) is 2.43. The topological polar surface area (TPSA) is 66.6 Å². The second-order valence-electron chi connectivity index (χ2n) is 4.51. The molecule has 1 aliphatic carbocycles. The minimum atomic E-state index is -0.916. The Hall–Kier alpha value is -1.69. The smallest absolute Gasteiger partial charge is 0.338 e. The minimum Gasteiger partial charge on any atom is -0.350 e. The number of carbonyl (C=O) groups excluding carboxylic acids is 1. The molecule has 2 amide bonds. The zero-order chi connectivity index (χ0) is 13.3. The number of hydrogen-bond donors (Lipinski definition) is 2. The van der Waals surface area contributed by atoms with Gasteiger partial charge in [-0.1, -0.05) is 6.07 Å². The van der Waals surface area contributed by atoms with E-state index in [0.717, 1.165) is 6.07 Å². The highest BCUT2D eigenvalue weighted by Gasteiger charge is 2.32. The Morgan fingerprint density at radius 1 is 1.39 bits per heavy atom. The molecule has 0 bridgehead atoms. The standard InChI is InChI=1S/C12H14F2N2O2/c13-8-2-4-10(11(14)6-8)7-1-3-9(5-7)16(18)12(15)17/h2,4,6-7,9,18H,1,3,5H2,(H2,15,17). The normalized spacial score (nSPS) is 23.1. The second kappa shape index (κ2) is 4.89. The molecule has 0 heterocycles. The Kier molecular flexibility index (Phi) is 3.47. The summed E-state index contributed by atoms with van der Waals surface area (Å²) >= 11 is 0. The predicted octanol–water partition coefficient (Wildman–Crippen LogP) is 2.37. The van der Waals surface area contributed by atoms with Crippen LogP contribution in [0.1, 0.15) is 30.7 Å². The summed E-state index contributed by atoms with van der Waals surface area (Å²) in [5.74, 6) is -1.35. The maximum absolute atomic E-state index is 13.6. The quantitative estimate of drug-likeness (QED) is 0.630. The van der Waals surface area contributed by atoms with E-state index in [0.29, 0.717) is 29.9 Å². The summed E-state index contributed by atoms with van der Waals surface area (Å²) < 4.78 is 26.4. The van der Waals surface area contributed by atoms with Crippen LogP contribution in [0.25, 0.3) is 0 Å². The molecule has 18 heavy (non-hydrogen) atoms. The van der Waals surface area contributed by atoms with Crippen molar-refractivity contribution in [3.8, 4) is 0 Å². The van der Waals surface area contributed by atoms with E-state index >= 15 is 0 Å². The number of nitrogens with two attached hydrogens (primary N) is 1. The average molecular weight is 256 g/mol. The molecule has 1 fully saturated rings. The maximum Gasteiger partial charge on any atom is 0.338 e. The molecule has 0 radical (unpaired) electrons. The van der Waals surface area contributed by atoms with Crippen molar-refractivity contribution in [2.24, 2.45) is 5.73 Å². The highest BCUT2D eigenvalue weighted by Crippen LogP contribution is 2.37. The van der Waals surface area contributed by atoms with E-state index in [4.69, 9.17) is 5.73 Å². The first-order chi connectivity index (χ1) is 8.49. The zero-order valence-electron chi connectivity index (χ0n) is 9.64. The molecule has 0 spiro atoms. The lowest BCUT2D eigenvalue weighted by atomic mass is 9.97. The molecule has 0 saturated heterocycles. The lowest BCUT2D eigenvalue weighted by molar-refractivity contribution is -0.0730. The Balaban J connectivity index is 2.11. The summed E-state index contributed by atoms with van der Waals surface area (Å²) in [5.41, 5.74) is 5.38. The summed E-state index contributed by atoms with van der Waals surface area (Å²) in [4.78, 5) is 10.8. The number of hydrogen-bond acceptors (Lipinski definition) is 2. The van der Waals surface area contributed by atoms with Crippen LogP contribution in [0, 0.1) is 11.6 Å². The SMILES string of the molecule is NC(=O)N(O)C1CCC(c2ccc(F)cc2F)C1. The van der Waals surface area contributed by atoms with Gasteiger partial charge in [-0.25, -0.2) is 18.6 Å². The summed E-state index contributed by atoms with van der Waals surface area (Å²) in [5, 5.41) is 9.90. The van der Waals surface area contributed by atoms with Crippen molar-refractivity contribution in [1.82, 2.24) is 5.06 Å². The minimum absolute atomic E-state index is 0.135. The molecule has 1 aliphatic rings. The average Bonchev–Trinajstić information content (AvgIpc) is 2.77. The molecule has 98 valence electrons. The highest BCUT2D eigenvalue weighted by atomic mass is 19.1. The van der Waals surface area contributed by atoms with Crippen molar-refractivity contribution < 1.29 is 18.8 Å². The van der Waals surface area contributed by atoms with Crippen molar-refractivity contribution in [2.45, 2.75) is 31.2 Å². The molecule has 3 N–H and O–H groups in total. The number of urea groups is 1. The Morgan fingerprint density at radius 3 is 2.72 bits per heavy atom. The molecule has 2 atom stereocenters. The Bertz CT molecular complexity index is 467. The predicted molar refractivity (Wildman–Crippen MR) is 59.9 cm³/mol. The molecule has 1 saturated carbocycles. The van der Waals surface area contributed by atoms with Gasteiger partial charge in [0.15, 0.2) is 0 Å². The van der Waals surface area contributed by atoms with Crippen molar-refractivity contribution in [2.75, 3.05) is 0 Å². The summed E-state index contributed by atoms with van der Waals surface area (Å²) in [6, 6.07) is 2.13. The number of primary amides is 1. The Morgan fingerprint density at radius 2 is 2.11 bits per heavy atom. The third-order valence-corrected chi connectivity index (χ3v) is 3.38. The van der Waals surface area contributed by atoms with Gasteiger partial charge < -0.3 is 5.73 Å². The maximum atomic E-state index is 13.6. The van der Waals surface area contributed by atoms with Crippen LogP contribution in [-0.4, -0.2) is 22.3 Å². The van der Waals surface area contributed by atoms with E-state index in [-0.39, 0.29) is 5.92 Å². The van der Waals surface area contributed by atoms with Gasteiger partial charge in [-0.2, -0.15) is 0 Å². The van der Waals surface area contributed by atoms with Crippen LogP contribution in [0.2, 0.25) is 0 Å². The molecule has 0 aliphatic heterocycles. The first-order valence-corrected chi connectivity index (χ1v) is 5.71. The first kappa shape index (κ1) is 12.8. The van der Waals surface area contributed by atoms with Gasteiger partial charge in [0, 0.05) is 6.07 Å². The molecule has 2 unspecified atom stereocenters.